The molecule has 156 valence electrons. The van der Waals surface area contributed by atoms with Crippen molar-refractivity contribution in [1.29, 1.82) is 0 Å². The molecule has 8 nitrogen and oxygen atoms in total. The van der Waals surface area contributed by atoms with E-state index in [1.165, 1.54) is 6.42 Å². The largest absolute Gasteiger partial charge is 0.486 e. The third kappa shape index (κ3) is 3.42. The average Bonchev–Trinajstić information content (AvgIpc) is 3.27. The Hall–Kier alpha value is -3.29. The third-order valence-corrected chi connectivity index (χ3v) is 5.83. The van der Waals surface area contributed by atoms with Gasteiger partial charge in [-0.1, -0.05) is 6.42 Å². The molecule has 1 aliphatic carbocycles. The fourth-order valence-electron chi connectivity index (χ4n) is 3.89. The van der Waals surface area contributed by atoms with Crippen LogP contribution >= 0.6 is 0 Å². The van der Waals surface area contributed by atoms with Crippen molar-refractivity contribution in [2.75, 3.05) is 18.5 Å². The quantitative estimate of drug-likeness (QED) is 0.690. The normalized spacial score (nSPS) is 15.7. The Kier molecular flexibility index (Phi) is 4.69. The first-order valence-electron chi connectivity index (χ1n) is 10.3. The minimum Gasteiger partial charge on any atom is -0.486 e. The molecule has 0 bridgehead atoms. The maximum Gasteiger partial charge on any atom is 0.249 e. The van der Waals surface area contributed by atoms with Crippen molar-refractivity contribution in [2.24, 2.45) is 0 Å². The zero-order valence-corrected chi connectivity index (χ0v) is 17.1. The molecule has 0 saturated heterocycles. The van der Waals surface area contributed by atoms with Crippen LogP contribution in [0.3, 0.4) is 0 Å². The molecule has 1 aromatic carbocycles. The molecule has 1 amide bonds. The SMILES string of the molecule is Cc1cc(-c2nnc(C3CCC3)o2)c(C)n1CC(=O)Nc1ccc2c(c1)OCCO2. The number of nitrogens with one attached hydrogen (secondary N) is 1. The molecule has 2 aliphatic rings. The zero-order valence-electron chi connectivity index (χ0n) is 17.1. The lowest BCUT2D eigenvalue weighted by molar-refractivity contribution is -0.116. The second kappa shape index (κ2) is 7.51. The smallest absolute Gasteiger partial charge is 0.249 e. The van der Waals surface area contributed by atoms with Crippen LogP contribution in [0.4, 0.5) is 5.69 Å². The number of benzene rings is 1. The van der Waals surface area contributed by atoms with Gasteiger partial charge < -0.3 is 23.8 Å². The molecule has 1 saturated carbocycles. The minimum absolute atomic E-state index is 0.124. The minimum atomic E-state index is -0.124. The molecule has 0 atom stereocenters. The Labute approximate surface area is 174 Å². The first-order chi connectivity index (χ1) is 14.6. The number of carbonyl (C=O) groups excluding carboxylic acids is 1. The standard InChI is InChI=1S/C22H24N4O4/c1-13-10-17(22-25-24-21(30-22)15-4-3-5-15)14(2)26(13)12-20(27)23-16-6-7-18-19(11-16)29-9-8-28-18/h6-7,10-11,15H,3-5,8-9,12H2,1-2H3,(H,23,27). The highest BCUT2D eigenvalue weighted by atomic mass is 16.6. The van der Waals surface area contributed by atoms with Gasteiger partial charge in [0.15, 0.2) is 11.5 Å². The molecule has 2 aromatic heterocycles. The van der Waals surface area contributed by atoms with E-state index in [0.717, 1.165) is 35.7 Å². The van der Waals surface area contributed by atoms with E-state index in [4.69, 9.17) is 13.9 Å². The fraction of sp³-hybridized carbons (Fsp3) is 0.409. The summed E-state index contributed by atoms with van der Waals surface area (Å²) in [4.78, 5) is 12.7. The van der Waals surface area contributed by atoms with Gasteiger partial charge in [-0.05, 0) is 44.9 Å². The van der Waals surface area contributed by atoms with E-state index in [2.05, 4.69) is 15.5 Å². The summed E-state index contributed by atoms with van der Waals surface area (Å²) in [5.74, 6) is 2.85. The van der Waals surface area contributed by atoms with Crippen molar-refractivity contribution in [3.8, 4) is 23.0 Å². The lowest BCUT2D eigenvalue weighted by Crippen LogP contribution is -2.20. The molecule has 0 spiro atoms. The van der Waals surface area contributed by atoms with Gasteiger partial charge >= 0.3 is 0 Å². The van der Waals surface area contributed by atoms with Gasteiger partial charge in [0.1, 0.15) is 19.8 Å². The van der Waals surface area contributed by atoms with E-state index >= 15 is 0 Å². The van der Waals surface area contributed by atoms with Gasteiger partial charge in [-0.3, -0.25) is 4.79 Å². The summed E-state index contributed by atoms with van der Waals surface area (Å²) >= 11 is 0. The predicted octanol–water partition coefficient (Wildman–Crippen LogP) is 3.83. The van der Waals surface area contributed by atoms with E-state index in [-0.39, 0.29) is 12.5 Å². The topological polar surface area (TPSA) is 91.4 Å². The molecule has 1 N–H and O–H groups in total. The zero-order chi connectivity index (χ0) is 20.7. The van der Waals surface area contributed by atoms with Crippen LogP contribution in [0.5, 0.6) is 11.5 Å². The highest BCUT2D eigenvalue weighted by Gasteiger charge is 2.26. The lowest BCUT2D eigenvalue weighted by Gasteiger charge is -2.20. The van der Waals surface area contributed by atoms with Gasteiger partial charge in [-0.2, -0.15) is 0 Å². The summed E-state index contributed by atoms with van der Waals surface area (Å²) in [6, 6.07) is 7.40. The summed E-state index contributed by atoms with van der Waals surface area (Å²) in [5.41, 5.74) is 3.43. The van der Waals surface area contributed by atoms with Crippen LogP contribution in [-0.4, -0.2) is 33.9 Å². The summed E-state index contributed by atoms with van der Waals surface area (Å²) in [6.07, 6.45) is 3.44. The number of aryl methyl sites for hydroxylation is 1. The first-order valence-corrected chi connectivity index (χ1v) is 10.3. The Morgan fingerprint density at radius 3 is 2.70 bits per heavy atom. The second-order valence-corrected chi connectivity index (χ2v) is 7.85. The van der Waals surface area contributed by atoms with E-state index in [1.54, 1.807) is 6.07 Å². The van der Waals surface area contributed by atoms with Crippen LogP contribution < -0.4 is 14.8 Å². The van der Waals surface area contributed by atoms with Gasteiger partial charge in [0.05, 0.1) is 5.56 Å². The molecular weight excluding hydrogens is 384 g/mol. The number of amides is 1. The van der Waals surface area contributed by atoms with Gasteiger partial charge in [-0.25, -0.2) is 0 Å². The Morgan fingerprint density at radius 1 is 1.13 bits per heavy atom. The molecule has 0 radical (unpaired) electrons. The number of carbonyl (C=O) groups is 1. The Balaban J connectivity index is 1.31. The van der Waals surface area contributed by atoms with Crippen molar-refractivity contribution in [3.05, 3.63) is 41.5 Å². The van der Waals surface area contributed by atoms with Crippen LogP contribution in [0.15, 0.2) is 28.7 Å². The first kappa shape index (κ1) is 18.7. The summed E-state index contributed by atoms with van der Waals surface area (Å²) < 4.78 is 19.0. The predicted molar refractivity (Wildman–Crippen MR) is 110 cm³/mol. The van der Waals surface area contributed by atoms with Crippen molar-refractivity contribution >= 4 is 11.6 Å². The third-order valence-electron chi connectivity index (χ3n) is 5.83. The number of hydrogen-bond acceptors (Lipinski definition) is 6. The van der Waals surface area contributed by atoms with E-state index in [9.17, 15) is 4.79 Å². The number of hydrogen-bond donors (Lipinski definition) is 1. The van der Waals surface area contributed by atoms with Crippen LogP contribution in [0.1, 0.15) is 42.5 Å². The van der Waals surface area contributed by atoms with Crippen molar-refractivity contribution in [2.45, 2.75) is 45.6 Å². The van der Waals surface area contributed by atoms with Crippen molar-refractivity contribution < 1.29 is 18.7 Å². The van der Waals surface area contributed by atoms with Gasteiger partial charge in [-0.15, -0.1) is 10.2 Å². The maximum absolute atomic E-state index is 12.7. The van der Waals surface area contributed by atoms with Crippen LogP contribution in [0, 0.1) is 13.8 Å². The average molecular weight is 408 g/mol. The van der Waals surface area contributed by atoms with Crippen molar-refractivity contribution in [3.63, 3.8) is 0 Å². The summed E-state index contributed by atoms with van der Waals surface area (Å²) in [6.45, 7) is 5.17. The summed E-state index contributed by atoms with van der Waals surface area (Å²) in [7, 11) is 0. The van der Waals surface area contributed by atoms with E-state index in [1.807, 2.05) is 36.6 Å². The Morgan fingerprint density at radius 2 is 1.93 bits per heavy atom. The molecular formula is C22H24N4O4. The molecule has 1 aliphatic heterocycles. The fourth-order valence-corrected chi connectivity index (χ4v) is 3.89. The van der Waals surface area contributed by atoms with Crippen LogP contribution in [-0.2, 0) is 11.3 Å². The number of anilines is 1. The lowest BCUT2D eigenvalue weighted by atomic mass is 9.85. The molecule has 5 rings (SSSR count). The number of fused-ring (bicyclic) bond motifs is 1. The maximum atomic E-state index is 12.7. The summed E-state index contributed by atoms with van der Waals surface area (Å²) in [5, 5.41) is 11.4. The van der Waals surface area contributed by atoms with Crippen molar-refractivity contribution in [1.82, 2.24) is 14.8 Å². The van der Waals surface area contributed by atoms with E-state index < -0.39 is 0 Å². The van der Waals surface area contributed by atoms with Gasteiger partial charge in [0.2, 0.25) is 17.7 Å². The van der Waals surface area contributed by atoms with Crippen LogP contribution in [0.2, 0.25) is 0 Å². The molecule has 3 heterocycles. The number of rotatable bonds is 5. The number of ether oxygens (including phenoxy) is 2. The molecule has 30 heavy (non-hydrogen) atoms. The number of nitrogens with zero attached hydrogens (tertiary/aromatic N) is 3. The molecule has 3 aromatic rings. The highest BCUT2D eigenvalue weighted by molar-refractivity contribution is 5.91. The molecule has 8 heteroatoms. The van der Waals surface area contributed by atoms with Gasteiger partial charge in [0.25, 0.3) is 0 Å². The van der Waals surface area contributed by atoms with Crippen LogP contribution in [0.25, 0.3) is 11.5 Å². The number of aromatic nitrogens is 3. The highest BCUT2D eigenvalue weighted by Crippen LogP contribution is 2.37. The second-order valence-electron chi connectivity index (χ2n) is 7.85. The Bertz CT molecular complexity index is 1100. The molecule has 0 unspecified atom stereocenters. The van der Waals surface area contributed by atoms with Gasteiger partial charge in [0, 0.05) is 29.1 Å². The monoisotopic (exact) mass is 408 g/mol. The van der Waals surface area contributed by atoms with E-state index in [0.29, 0.717) is 42.2 Å². The molecule has 1 fully saturated rings.